The molecule has 2 aliphatic heterocycles. The molecule has 2 aromatic carbocycles. The van der Waals surface area contributed by atoms with Crippen molar-refractivity contribution in [3.05, 3.63) is 59.1 Å². The minimum Gasteiger partial charge on any atom is -0.371 e. The molecule has 2 aliphatic rings. The fraction of sp³-hybridized carbons (Fsp3) is 0.462. The van der Waals surface area contributed by atoms with E-state index >= 15 is 0 Å². The van der Waals surface area contributed by atoms with Crippen molar-refractivity contribution < 1.29 is 9.59 Å². The van der Waals surface area contributed by atoms with Crippen LogP contribution < -0.4 is 15.1 Å². The summed E-state index contributed by atoms with van der Waals surface area (Å²) in [4.78, 5) is 32.0. The number of hydrogen-bond acceptors (Lipinski definition) is 4. The number of rotatable bonds is 5. The molecule has 2 fully saturated rings. The number of para-hydroxylation sites is 1. The zero-order chi connectivity index (χ0) is 23.4. The van der Waals surface area contributed by atoms with Crippen LogP contribution in [0.3, 0.4) is 0 Å². The molecule has 2 aromatic rings. The number of amides is 2. The lowest BCUT2D eigenvalue weighted by molar-refractivity contribution is -0.124. The van der Waals surface area contributed by atoms with Crippen molar-refractivity contribution in [3.8, 4) is 0 Å². The summed E-state index contributed by atoms with van der Waals surface area (Å²) in [7, 11) is 0. The van der Waals surface area contributed by atoms with Crippen LogP contribution in [0.5, 0.6) is 0 Å². The van der Waals surface area contributed by atoms with Gasteiger partial charge in [0.1, 0.15) is 0 Å². The second kappa shape index (κ2) is 10.5. The summed E-state index contributed by atoms with van der Waals surface area (Å²) in [5, 5.41) is 3.88. The lowest BCUT2D eigenvalue weighted by Crippen LogP contribution is -2.49. The number of piperazine rings is 1. The number of anilines is 2. The van der Waals surface area contributed by atoms with Crippen LogP contribution in [0.25, 0.3) is 0 Å². The topological polar surface area (TPSA) is 55.9 Å². The number of nitrogens with one attached hydrogen (secondary N) is 1. The molecule has 0 spiro atoms. The van der Waals surface area contributed by atoms with Gasteiger partial charge in [-0.3, -0.25) is 9.59 Å². The molecule has 4 rings (SSSR count). The molecule has 0 atom stereocenters. The second-order valence-electron chi connectivity index (χ2n) is 9.20. The highest BCUT2D eigenvalue weighted by atomic mass is 35.5. The van der Waals surface area contributed by atoms with Crippen molar-refractivity contribution in [2.75, 3.05) is 49.1 Å². The van der Waals surface area contributed by atoms with Crippen molar-refractivity contribution in [2.45, 2.75) is 32.7 Å². The van der Waals surface area contributed by atoms with Gasteiger partial charge >= 0.3 is 0 Å². The minimum absolute atomic E-state index is 0.00142. The number of hydrogen-bond donors (Lipinski definition) is 1. The molecule has 1 N–H and O–H groups in total. The molecule has 0 radical (unpaired) electrons. The molecule has 176 valence electrons. The fourth-order valence-corrected chi connectivity index (χ4v) is 4.68. The van der Waals surface area contributed by atoms with Crippen LogP contribution in [-0.4, -0.2) is 62.0 Å². The molecule has 2 amide bonds. The molecule has 0 saturated carbocycles. The van der Waals surface area contributed by atoms with Gasteiger partial charge in [0.25, 0.3) is 5.91 Å². The lowest BCUT2D eigenvalue weighted by Gasteiger charge is -2.38. The van der Waals surface area contributed by atoms with Gasteiger partial charge in [-0.1, -0.05) is 37.6 Å². The Hall–Kier alpha value is -2.73. The van der Waals surface area contributed by atoms with E-state index in [-0.39, 0.29) is 23.8 Å². The first-order valence-electron chi connectivity index (χ1n) is 11.9. The van der Waals surface area contributed by atoms with Crippen molar-refractivity contribution in [2.24, 2.45) is 5.92 Å². The molecular formula is C26H33ClN4O2. The van der Waals surface area contributed by atoms with Crippen LogP contribution in [0.4, 0.5) is 11.4 Å². The van der Waals surface area contributed by atoms with Crippen LogP contribution in [-0.2, 0) is 4.79 Å². The zero-order valence-electron chi connectivity index (χ0n) is 19.5. The van der Waals surface area contributed by atoms with Gasteiger partial charge in [0.15, 0.2) is 0 Å². The summed E-state index contributed by atoms with van der Waals surface area (Å²) in [6.07, 6.45) is 1.78. The van der Waals surface area contributed by atoms with Crippen LogP contribution in [0.1, 0.15) is 37.0 Å². The normalized spacial score (nSPS) is 17.4. The Morgan fingerprint density at radius 2 is 1.52 bits per heavy atom. The average Bonchev–Trinajstić information content (AvgIpc) is 2.84. The molecule has 6 nitrogen and oxygen atoms in total. The Kier molecular flexibility index (Phi) is 7.43. The zero-order valence-corrected chi connectivity index (χ0v) is 20.2. The first kappa shape index (κ1) is 23.4. The van der Waals surface area contributed by atoms with Crippen molar-refractivity contribution in [3.63, 3.8) is 0 Å². The maximum absolute atomic E-state index is 13.4. The third kappa shape index (κ3) is 5.61. The third-order valence-electron chi connectivity index (χ3n) is 6.60. The smallest absolute Gasteiger partial charge is 0.256 e. The number of carbonyl (C=O) groups excluding carboxylic acids is 2. The van der Waals surface area contributed by atoms with Gasteiger partial charge in [-0.2, -0.15) is 0 Å². The molecule has 2 heterocycles. The molecular weight excluding hydrogens is 436 g/mol. The SMILES string of the molecule is CC(C)C(=O)NC1CCN(c2ccccc2C(=O)N2CCN(c3ccc(Cl)cc3)CC2)CC1. The van der Waals surface area contributed by atoms with E-state index in [0.717, 1.165) is 61.0 Å². The number of nitrogens with zero attached hydrogens (tertiary/aromatic N) is 3. The summed E-state index contributed by atoms with van der Waals surface area (Å²) in [5.41, 5.74) is 2.90. The van der Waals surface area contributed by atoms with Gasteiger partial charge in [-0.25, -0.2) is 0 Å². The highest BCUT2D eigenvalue weighted by Gasteiger charge is 2.27. The first-order chi connectivity index (χ1) is 15.9. The molecule has 0 aliphatic carbocycles. The van der Waals surface area contributed by atoms with E-state index in [1.807, 2.05) is 67.3 Å². The van der Waals surface area contributed by atoms with Crippen LogP contribution in [0, 0.1) is 5.92 Å². The Labute approximate surface area is 201 Å². The maximum atomic E-state index is 13.4. The molecule has 0 aromatic heterocycles. The van der Waals surface area contributed by atoms with Gasteiger partial charge in [0.05, 0.1) is 5.56 Å². The molecule has 0 unspecified atom stereocenters. The standard InChI is InChI=1S/C26H33ClN4O2/c1-19(2)25(32)28-21-11-13-30(14-12-21)24-6-4-3-5-23(24)26(33)31-17-15-29(16-18-31)22-9-7-20(27)8-10-22/h3-10,19,21H,11-18H2,1-2H3,(H,28,32). The van der Waals surface area contributed by atoms with Gasteiger partial charge in [0.2, 0.25) is 5.91 Å². The quantitative estimate of drug-likeness (QED) is 0.719. The van der Waals surface area contributed by atoms with Crippen LogP contribution in [0.2, 0.25) is 5.02 Å². The Morgan fingerprint density at radius 1 is 0.879 bits per heavy atom. The van der Waals surface area contributed by atoms with Crippen molar-refractivity contribution in [1.29, 1.82) is 0 Å². The molecule has 33 heavy (non-hydrogen) atoms. The molecule has 7 heteroatoms. The average molecular weight is 469 g/mol. The number of piperidine rings is 1. The number of carbonyl (C=O) groups is 2. The number of halogens is 1. The summed E-state index contributed by atoms with van der Waals surface area (Å²) < 4.78 is 0. The lowest BCUT2D eigenvalue weighted by atomic mass is 10.0. The predicted molar refractivity (Wildman–Crippen MR) is 134 cm³/mol. The van der Waals surface area contributed by atoms with Gasteiger partial charge < -0.3 is 20.0 Å². The maximum Gasteiger partial charge on any atom is 0.256 e. The van der Waals surface area contributed by atoms with Gasteiger partial charge in [-0.15, -0.1) is 0 Å². The van der Waals surface area contributed by atoms with E-state index in [0.29, 0.717) is 13.1 Å². The van der Waals surface area contributed by atoms with Gasteiger partial charge in [0, 0.05) is 67.6 Å². The monoisotopic (exact) mass is 468 g/mol. The van der Waals surface area contributed by atoms with Gasteiger partial charge in [-0.05, 0) is 49.2 Å². The molecule has 2 saturated heterocycles. The Bertz CT molecular complexity index is 963. The number of benzene rings is 2. The van der Waals surface area contributed by atoms with E-state index in [9.17, 15) is 9.59 Å². The first-order valence-corrected chi connectivity index (χ1v) is 12.2. The summed E-state index contributed by atoms with van der Waals surface area (Å²) in [6.45, 7) is 8.49. The summed E-state index contributed by atoms with van der Waals surface area (Å²) >= 11 is 6.01. The summed E-state index contributed by atoms with van der Waals surface area (Å²) in [6, 6.07) is 16.0. The highest BCUT2D eigenvalue weighted by molar-refractivity contribution is 6.30. The highest BCUT2D eigenvalue weighted by Crippen LogP contribution is 2.27. The third-order valence-corrected chi connectivity index (χ3v) is 6.85. The van der Waals surface area contributed by atoms with Crippen LogP contribution >= 0.6 is 11.6 Å². The van der Waals surface area contributed by atoms with E-state index in [1.54, 1.807) is 0 Å². The van der Waals surface area contributed by atoms with E-state index in [2.05, 4.69) is 15.1 Å². The van der Waals surface area contributed by atoms with E-state index < -0.39 is 0 Å². The molecule has 0 bridgehead atoms. The van der Waals surface area contributed by atoms with E-state index in [1.165, 1.54) is 0 Å². The largest absolute Gasteiger partial charge is 0.371 e. The Morgan fingerprint density at radius 3 is 2.15 bits per heavy atom. The predicted octanol–water partition coefficient (Wildman–Crippen LogP) is 4.04. The minimum atomic E-state index is 0.00142. The van der Waals surface area contributed by atoms with Crippen LogP contribution in [0.15, 0.2) is 48.5 Å². The van der Waals surface area contributed by atoms with Crippen molar-refractivity contribution >= 4 is 34.8 Å². The second-order valence-corrected chi connectivity index (χ2v) is 9.63. The van der Waals surface area contributed by atoms with Crippen molar-refractivity contribution in [1.82, 2.24) is 10.2 Å². The summed E-state index contributed by atoms with van der Waals surface area (Å²) in [5.74, 6) is 0.208. The van der Waals surface area contributed by atoms with E-state index in [4.69, 9.17) is 11.6 Å². The fourth-order valence-electron chi connectivity index (χ4n) is 4.55. The Balaban J connectivity index is 1.37.